The van der Waals surface area contributed by atoms with Crippen molar-refractivity contribution in [2.24, 2.45) is 4.99 Å². The minimum Gasteiger partial charge on any atom is -0.357 e. The maximum absolute atomic E-state index is 4.74. The first-order chi connectivity index (χ1) is 12.7. The topological polar surface area (TPSA) is 52.6 Å². The van der Waals surface area contributed by atoms with Crippen molar-refractivity contribution >= 4 is 28.6 Å². The van der Waals surface area contributed by atoms with Gasteiger partial charge in [0.15, 0.2) is 5.96 Å². The number of rotatable bonds is 7. The molecule has 1 aliphatic heterocycles. The van der Waals surface area contributed by atoms with Gasteiger partial charge in [0.2, 0.25) is 0 Å². The number of guanidine groups is 1. The third-order valence-corrected chi connectivity index (χ3v) is 6.78. The summed E-state index contributed by atoms with van der Waals surface area (Å²) in [6.45, 7) is 12.1. The smallest absolute Gasteiger partial charge is 0.191 e. The number of fused-ring (bicyclic) bond motifs is 1. The number of aromatic nitrogens is 1. The predicted molar refractivity (Wildman–Crippen MR) is 113 cm³/mol. The summed E-state index contributed by atoms with van der Waals surface area (Å²) in [5.41, 5.74) is 2.66. The second kappa shape index (κ2) is 9.48. The van der Waals surface area contributed by atoms with Crippen molar-refractivity contribution < 1.29 is 0 Å². The van der Waals surface area contributed by atoms with Crippen LogP contribution in [0.15, 0.2) is 16.4 Å². The van der Waals surface area contributed by atoms with Crippen LogP contribution in [0.3, 0.4) is 0 Å². The lowest BCUT2D eigenvalue weighted by molar-refractivity contribution is 0.263. The van der Waals surface area contributed by atoms with E-state index in [1.165, 1.54) is 21.9 Å². The molecule has 0 radical (unpaired) electrons. The van der Waals surface area contributed by atoms with Crippen molar-refractivity contribution in [1.82, 2.24) is 20.5 Å². The Morgan fingerprint density at radius 3 is 3.00 bits per heavy atom. The Kier molecular flexibility index (Phi) is 7.05. The third kappa shape index (κ3) is 5.28. The van der Waals surface area contributed by atoms with Crippen LogP contribution in [-0.2, 0) is 19.4 Å². The summed E-state index contributed by atoms with van der Waals surface area (Å²) in [4.78, 5) is 14.7. The van der Waals surface area contributed by atoms with Crippen molar-refractivity contribution in [3.63, 3.8) is 0 Å². The van der Waals surface area contributed by atoms with Crippen LogP contribution in [0.2, 0.25) is 0 Å². The number of hydrogen-bond donors (Lipinski definition) is 2. The number of aryl methyl sites for hydroxylation is 2. The lowest BCUT2D eigenvalue weighted by Crippen LogP contribution is -2.39. The molecule has 0 saturated carbocycles. The molecule has 5 nitrogen and oxygen atoms in total. The van der Waals surface area contributed by atoms with E-state index in [1.807, 2.05) is 11.3 Å². The van der Waals surface area contributed by atoms with Crippen LogP contribution in [0.1, 0.15) is 32.9 Å². The highest BCUT2D eigenvalue weighted by Gasteiger charge is 2.16. The molecule has 7 heteroatoms. The van der Waals surface area contributed by atoms with E-state index >= 15 is 0 Å². The van der Waals surface area contributed by atoms with Crippen molar-refractivity contribution in [3.8, 4) is 0 Å². The molecule has 2 aromatic rings. The van der Waals surface area contributed by atoms with Crippen LogP contribution in [0, 0.1) is 13.8 Å². The van der Waals surface area contributed by atoms with E-state index in [4.69, 9.17) is 4.99 Å². The van der Waals surface area contributed by atoms with Gasteiger partial charge in [-0.05, 0) is 44.2 Å². The zero-order valence-corrected chi connectivity index (χ0v) is 17.6. The van der Waals surface area contributed by atoms with E-state index in [0.717, 1.165) is 57.3 Å². The summed E-state index contributed by atoms with van der Waals surface area (Å²) in [5, 5.41) is 10.2. The van der Waals surface area contributed by atoms with Gasteiger partial charge in [-0.2, -0.15) is 0 Å². The van der Waals surface area contributed by atoms with Gasteiger partial charge in [0.25, 0.3) is 0 Å². The maximum Gasteiger partial charge on any atom is 0.191 e. The van der Waals surface area contributed by atoms with E-state index in [2.05, 4.69) is 52.7 Å². The number of hydrogen-bond acceptors (Lipinski definition) is 5. The molecular weight excluding hydrogens is 362 g/mol. The average Bonchev–Trinajstić information content (AvgIpc) is 3.21. The summed E-state index contributed by atoms with van der Waals surface area (Å²) >= 11 is 3.69. The van der Waals surface area contributed by atoms with Crippen LogP contribution in [0.5, 0.6) is 0 Å². The Morgan fingerprint density at radius 1 is 1.35 bits per heavy atom. The van der Waals surface area contributed by atoms with E-state index in [9.17, 15) is 0 Å². The second-order valence-corrected chi connectivity index (χ2v) is 8.87. The number of thiophene rings is 1. The summed E-state index contributed by atoms with van der Waals surface area (Å²) < 4.78 is 0. The number of nitrogens with one attached hydrogen (secondary N) is 2. The summed E-state index contributed by atoms with van der Waals surface area (Å²) in [5.74, 6) is 0.908. The van der Waals surface area contributed by atoms with Gasteiger partial charge in [0.05, 0.1) is 17.2 Å². The Bertz CT molecular complexity index is 715. The number of nitrogens with zero attached hydrogens (tertiary/aromatic N) is 3. The molecule has 3 rings (SSSR count). The van der Waals surface area contributed by atoms with Gasteiger partial charge in [0.1, 0.15) is 0 Å². The van der Waals surface area contributed by atoms with Gasteiger partial charge in [-0.1, -0.05) is 0 Å². The largest absolute Gasteiger partial charge is 0.357 e. The lowest BCUT2D eigenvalue weighted by Gasteiger charge is -2.26. The fraction of sp³-hybridized carbons (Fsp3) is 0.579. The molecule has 2 aromatic heterocycles. The molecule has 1 aliphatic rings. The Morgan fingerprint density at radius 2 is 2.23 bits per heavy atom. The van der Waals surface area contributed by atoms with E-state index < -0.39 is 0 Å². The quantitative estimate of drug-likeness (QED) is 0.563. The monoisotopic (exact) mass is 391 g/mol. The molecular formula is C19H29N5S2. The van der Waals surface area contributed by atoms with Gasteiger partial charge in [-0.15, -0.1) is 22.7 Å². The first-order valence-electron chi connectivity index (χ1n) is 9.38. The molecule has 2 N–H and O–H groups in total. The first-order valence-corrected chi connectivity index (χ1v) is 11.1. The van der Waals surface area contributed by atoms with Crippen LogP contribution >= 0.6 is 22.7 Å². The van der Waals surface area contributed by atoms with Gasteiger partial charge < -0.3 is 10.6 Å². The van der Waals surface area contributed by atoms with E-state index in [0.29, 0.717) is 0 Å². The van der Waals surface area contributed by atoms with E-state index in [-0.39, 0.29) is 0 Å². The molecule has 0 saturated heterocycles. The van der Waals surface area contributed by atoms with Crippen LogP contribution in [0.25, 0.3) is 0 Å². The second-order valence-electron chi connectivity index (χ2n) is 6.58. The molecule has 0 unspecified atom stereocenters. The summed E-state index contributed by atoms with van der Waals surface area (Å²) in [6, 6.07) is 2.27. The fourth-order valence-corrected chi connectivity index (χ4v) is 4.90. The first kappa shape index (κ1) is 19.3. The fourth-order valence-electron chi connectivity index (χ4n) is 3.08. The predicted octanol–water partition coefficient (Wildman–Crippen LogP) is 2.98. The highest BCUT2D eigenvalue weighted by molar-refractivity contribution is 7.11. The highest BCUT2D eigenvalue weighted by Crippen LogP contribution is 2.23. The molecule has 0 bridgehead atoms. The molecule has 3 heterocycles. The van der Waals surface area contributed by atoms with Gasteiger partial charge in [-0.3, -0.25) is 9.89 Å². The molecule has 0 spiro atoms. The van der Waals surface area contributed by atoms with Gasteiger partial charge in [0, 0.05) is 48.9 Å². The molecule has 0 atom stereocenters. The summed E-state index contributed by atoms with van der Waals surface area (Å²) in [7, 11) is 0. The number of aliphatic imine (C=N–C) groups is 1. The third-order valence-electron chi connectivity index (χ3n) is 4.62. The van der Waals surface area contributed by atoms with Gasteiger partial charge in [-0.25, -0.2) is 4.98 Å². The molecule has 0 aliphatic carbocycles. The molecule has 26 heavy (non-hydrogen) atoms. The van der Waals surface area contributed by atoms with Crippen molar-refractivity contribution in [3.05, 3.63) is 37.5 Å². The normalized spacial score (nSPS) is 15.1. The van der Waals surface area contributed by atoms with Crippen LogP contribution < -0.4 is 10.6 Å². The average molecular weight is 392 g/mol. The highest BCUT2D eigenvalue weighted by atomic mass is 32.1. The van der Waals surface area contributed by atoms with Gasteiger partial charge >= 0.3 is 0 Å². The zero-order valence-electron chi connectivity index (χ0n) is 16.0. The Balaban J connectivity index is 1.43. The molecule has 142 valence electrons. The minimum absolute atomic E-state index is 0.824. The van der Waals surface area contributed by atoms with Crippen LogP contribution in [-0.4, -0.2) is 48.6 Å². The summed E-state index contributed by atoms with van der Waals surface area (Å²) in [6.07, 6.45) is 2.12. The van der Waals surface area contributed by atoms with Crippen molar-refractivity contribution in [2.75, 3.05) is 32.7 Å². The Labute approximate surface area is 164 Å². The molecule has 0 fully saturated rings. The van der Waals surface area contributed by atoms with Crippen LogP contribution in [0.4, 0.5) is 0 Å². The number of thiazole rings is 1. The lowest BCUT2D eigenvalue weighted by atomic mass is 10.1. The standard InChI is InChI=1S/C19H29N5S2/c1-4-20-19(21-8-5-18-23-14(2)15(3)26-18)22-9-11-24-10-6-17-16(13-24)7-12-25-17/h7,12H,4-6,8-11,13H2,1-3H3,(H2,20,21,22). The van der Waals surface area contributed by atoms with Crippen molar-refractivity contribution in [1.29, 1.82) is 0 Å². The molecule has 0 aromatic carbocycles. The minimum atomic E-state index is 0.824. The van der Waals surface area contributed by atoms with Crippen molar-refractivity contribution in [2.45, 2.75) is 40.2 Å². The SMILES string of the molecule is CCNC(=NCCN1CCc2sccc2C1)NCCc1nc(C)c(C)s1. The van der Waals surface area contributed by atoms with E-state index in [1.54, 1.807) is 16.2 Å². The zero-order chi connectivity index (χ0) is 18.4. The maximum atomic E-state index is 4.74. The molecule has 0 amide bonds. The Hall–Kier alpha value is -1.44.